The molecule has 0 fully saturated rings. The molecule has 0 radical (unpaired) electrons. The zero-order valence-corrected chi connectivity index (χ0v) is 22.0. The summed E-state index contributed by atoms with van der Waals surface area (Å²) < 4.78 is 125. The lowest BCUT2D eigenvalue weighted by atomic mass is 10.1. The summed E-state index contributed by atoms with van der Waals surface area (Å²) in [5.74, 6) is -4.19. The Hall–Kier alpha value is -3.84. The van der Waals surface area contributed by atoms with Crippen LogP contribution in [-0.2, 0) is 26.7 Å². The Bertz CT molecular complexity index is 1800. The number of halogens is 1. The minimum atomic E-state index is -5.38. The van der Waals surface area contributed by atoms with Gasteiger partial charge in [0.2, 0.25) is 5.75 Å². The smallest absolute Gasteiger partial charge is 0.471 e. The van der Waals surface area contributed by atoms with E-state index in [1.54, 1.807) is 12.1 Å². The molecule has 214 valence electrons. The SMILES string of the molecule is [2H]c1nc(Cc2cc(OC)c(OC)c(OC)c2)nc(Cc2nc3c(c([2H])c2[2H])OC(C([2H])([2H])[2H])(C([2H])([2H])[2H])C(=O)N3COP(=O)(O)O)c1F. The van der Waals surface area contributed by atoms with Crippen molar-refractivity contribution in [3.63, 3.8) is 0 Å². The van der Waals surface area contributed by atoms with E-state index in [1.165, 1.54) is 21.3 Å². The van der Waals surface area contributed by atoms with E-state index in [0.29, 0.717) is 11.3 Å². The molecule has 1 aromatic carbocycles. The van der Waals surface area contributed by atoms with Crippen molar-refractivity contribution in [1.82, 2.24) is 15.0 Å². The fourth-order valence-electron chi connectivity index (χ4n) is 3.65. The number of rotatable bonds is 10. The van der Waals surface area contributed by atoms with Crippen LogP contribution in [0, 0.1) is 5.82 Å². The number of pyridine rings is 1. The highest BCUT2D eigenvalue weighted by molar-refractivity contribution is 7.46. The average molecular weight is 588 g/mol. The molecular weight excluding hydrogens is 550 g/mol. The van der Waals surface area contributed by atoms with Gasteiger partial charge in [0.05, 0.1) is 37.3 Å². The number of benzene rings is 1. The van der Waals surface area contributed by atoms with E-state index in [1.807, 2.05) is 0 Å². The summed E-state index contributed by atoms with van der Waals surface area (Å²) in [4.78, 5) is 44.3. The first kappa shape index (κ1) is 19.3. The Morgan fingerprint density at radius 1 is 1.12 bits per heavy atom. The molecule has 0 atom stereocenters. The summed E-state index contributed by atoms with van der Waals surface area (Å²) in [6.45, 7) is -8.98. The molecule has 3 aromatic rings. The molecule has 4 rings (SSSR count). The molecule has 1 amide bonds. The lowest BCUT2D eigenvalue weighted by Crippen LogP contribution is -2.53. The largest absolute Gasteiger partial charge is 0.493 e. The summed E-state index contributed by atoms with van der Waals surface area (Å²) in [7, 11) is -1.19. The van der Waals surface area contributed by atoms with Gasteiger partial charge in [0, 0.05) is 26.8 Å². The second-order valence-corrected chi connectivity index (χ2v) is 9.37. The van der Waals surface area contributed by atoms with Gasteiger partial charge in [-0.25, -0.2) is 23.9 Å². The molecule has 0 bridgehead atoms. The summed E-state index contributed by atoms with van der Waals surface area (Å²) in [6, 6.07) is 1.29. The van der Waals surface area contributed by atoms with Gasteiger partial charge in [-0.05, 0) is 43.5 Å². The third-order valence-corrected chi connectivity index (χ3v) is 5.85. The Labute approximate surface area is 241 Å². The third kappa shape index (κ3) is 6.31. The number of phosphoric acid groups is 1. The number of nitrogens with zero attached hydrogens (tertiary/aromatic N) is 4. The van der Waals surface area contributed by atoms with Crippen molar-refractivity contribution in [2.75, 3.05) is 33.0 Å². The Morgan fingerprint density at radius 2 is 1.82 bits per heavy atom. The van der Waals surface area contributed by atoms with Gasteiger partial charge in [-0.2, -0.15) is 0 Å². The molecule has 0 spiro atoms. The van der Waals surface area contributed by atoms with Crippen molar-refractivity contribution >= 4 is 19.5 Å². The molecule has 0 saturated heterocycles. The maximum Gasteiger partial charge on any atom is 0.471 e. The van der Waals surface area contributed by atoms with Crippen molar-refractivity contribution in [1.29, 1.82) is 0 Å². The number of aromatic nitrogens is 3. The predicted octanol–water partition coefficient (Wildman–Crippen LogP) is 2.79. The van der Waals surface area contributed by atoms with E-state index in [0.717, 1.165) is 0 Å². The zero-order valence-electron chi connectivity index (χ0n) is 30.1. The topological polar surface area (TPSA) is 163 Å². The number of phosphoric ester groups is 1. The quantitative estimate of drug-likeness (QED) is 0.334. The number of ether oxygens (including phenoxy) is 4. The average Bonchev–Trinajstić information content (AvgIpc) is 2.99. The van der Waals surface area contributed by atoms with E-state index >= 15 is 4.39 Å². The monoisotopic (exact) mass is 587 g/mol. The van der Waals surface area contributed by atoms with E-state index in [4.69, 9.17) is 31.3 Å². The normalized spacial score (nSPS) is 18.3. The molecule has 1 aliphatic rings. The van der Waals surface area contributed by atoms with E-state index in [-0.39, 0.29) is 28.6 Å². The van der Waals surface area contributed by atoms with Crippen molar-refractivity contribution in [2.24, 2.45) is 0 Å². The van der Waals surface area contributed by atoms with Crippen LogP contribution in [0.1, 0.15) is 48.8 Å². The molecule has 3 heterocycles. The van der Waals surface area contributed by atoms with Gasteiger partial charge in [0.15, 0.2) is 34.5 Å². The lowest BCUT2D eigenvalue weighted by Gasteiger charge is -2.37. The van der Waals surface area contributed by atoms with Crippen LogP contribution < -0.4 is 23.8 Å². The Morgan fingerprint density at radius 3 is 2.42 bits per heavy atom. The third-order valence-electron chi connectivity index (χ3n) is 5.40. The zero-order chi connectivity index (χ0) is 36.9. The van der Waals surface area contributed by atoms with Crippen LogP contribution in [0.5, 0.6) is 23.0 Å². The minimum Gasteiger partial charge on any atom is -0.493 e. The second kappa shape index (κ2) is 11.3. The molecule has 13 nitrogen and oxygen atoms in total. The molecule has 0 aliphatic carbocycles. The van der Waals surface area contributed by atoms with Crippen LogP contribution >= 0.6 is 7.82 Å². The summed E-state index contributed by atoms with van der Waals surface area (Å²) in [5.41, 5.74) is -4.22. The van der Waals surface area contributed by atoms with E-state index < -0.39 is 93.2 Å². The summed E-state index contributed by atoms with van der Waals surface area (Å²) >= 11 is 0. The fraction of sp³-hybridized carbons (Fsp3) is 0.360. The van der Waals surface area contributed by atoms with Gasteiger partial charge >= 0.3 is 7.82 Å². The fourth-order valence-corrected chi connectivity index (χ4v) is 3.91. The highest BCUT2D eigenvalue weighted by Crippen LogP contribution is 2.41. The van der Waals surface area contributed by atoms with Crippen molar-refractivity contribution in [3.8, 4) is 23.0 Å². The molecule has 0 saturated carbocycles. The number of carbonyl (C=O) groups excluding carboxylic acids is 1. The molecule has 0 unspecified atom stereocenters. The molecule has 2 N–H and O–H groups in total. The van der Waals surface area contributed by atoms with Crippen molar-refractivity contribution in [2.45, 2.75) is 32.1 Å². The Balaban J connectivity index is 1.84. The summed E-state index contributed by atoms with van der Waals surface area (Å²) in [6.07, 6.45) is -1.67. The highest BCUT2D eigenvalue weighted by Gasteiger charge is 2.42. The van der Waals surface area contributed by atoms with Crippen LogP contribution in [0.2, 0.25) is 0 Å². The van der Waals surface area contributed by atoms with Gasteiger partial charge in [-0.3, -0.25) is 14.2 Å². The molecule has 2 aromatic heterocycles. The first-order valence-corrected chi connectivity index (χ1v) is 12.6. The van der Waals surface area contributed by atoms with Crippen LogP contribution in [0.4, 0.5) is 10.2 Å². The lowest BCUT2D eigenvalue weighted by molar-refractivity contribution is -0.133. The van der Waals surface area contributed by atoms with E-state index in [9.17, 15) is 19.1 Å². The van der Waals surface area contributed by atoms with Gasteiger partial charge in [0.25, 0.3) is 5.91 Å². The molecule has 15 heteroatoms. The highest BCUT2D eigenvalue weighted by atomic mass is 31.2. The van der Waals surface area contributed by atoms with Crippen LogP contribution in [0.25, 0.3) is 0 Å². The van der Waals surface area contributed by atoms with Crippen LogP contribution in [0.3, 0.4) is 0 Å². The van der Waals surface area contributed by atoms with Gasteiger partial charge in [0.1, 0.15) is 12.6 Å². The van der Waals surface area contributed by atoms with Crippen LogP contribution in [-0.4, -0.2) is 64.3 Å². The standard InChI is InChI=1S/C25H28FN4O9P/c1-25(2)24(31)30(13-38-40(32,33)34)23-18(39-25)7-6-15(28-23)11-17-16(26)12-27-21(29-17)10-14-8-19(35-3)22(37-5)20(9-14)36-4/h6-9,12H,10-11,13H2,1-5H3,(H2,32,33,34)/i1D3,2D3,6D,7D,12D. The van der Waals surface area contributed by atoms with Crippen LogP contribution in [0.15, 0.2) is 30.4 Å². The summed E-state index contributed by atoms with van der Waals surface area (Å²) in [5, 5.41) is 0. The maximum absolute atomic E-state index is 15.2. The first-order chi connectivity index (χ1) is 22.6. The number of methoxy groups -OCH3 is 3. The number of hydrogen-bond donors (Lipinski definition) is 2. The van der Waals surface area contributed by atoms with Crippen molar-refractivity contribution in [3.05, 3.63) is 59.0 Å². The number of amides is 1. The molecule has 1 aliphatic heterocycles. The predicted molar refractivity (Wildman–Crippen MR) is 138 cm³/mol. The molecule has 40 heavy (non-hydrogen) atoms. The van der Waals surface area contributed by atoms with Gasteiger partial charge in [-0.15, -0.1) is 0 Å². The number of hydrogen-bond acceptors (Lipinski definition) is 10. The van der Waals surface area contributed by atoms with Gasteiger partial charge < -0.3 is 28.7 Å². The number of carbonyl (C=O) groups is 1. The van der Waals surface area contributed by atoms with E-state index in [2.05, 4.69) is 19.5 Å². The minimum absolute atomic E-state index is 0.0819. The molecular formula is C25H28FN4O9P. The number of anilines is 1. The van der Waals surface area contributed by atoms with Gasteiger partial charge in [-0.1, -0.05) is 0 Å². The van der Waals surface area contributed by atoms with Crippen molar-refractivity contribution < 1.29 is 59.3 Å². The second-order valence-electron chi connectivity index (χ2n) is 8.13. The first-order valence-electron chi connectivity index (χ1n) is 15.6. The number of fused-ring (bicyclic) bond motifs is 1. The maximum atomic E-state index is 15.2. The Kier molecular flexibility index (Phi) is 5.46.